The van der Waals surface area contributed by atoms with Crippen molar-refractivity contribution in [1.82, 2.24) is 14.5 Å². The largest absolute Gasteiger partial charge is 0.408 e. The van der Waals surface area contributed by atoms with Crippen molar-refractivity contribution in [3.63, 3.8) is 0 Å². The molecule has 1 saturated heterocycles. The number of carbonyl (C=O) groups excluding carboxylic acids is 1. The SMILES string of the molecule is C[C@@H]1CN(S(=O)(=O)c2ccc(C(=O)Nc3nnc(C4CC4)o3)cc2)C[C@@H](C)O1. The van der Waals surface area contributed by atoms with E-state index in [1.54, 1.807) is 0 Å². The lowest BCUT2D eigenvalue weighted by molar-refractivity contribution is -0.0440. The Kier molecular flexibility index (Phi) is 4.94. The average molecular weight is 406 g/mol. The maximum absolute atomic E-state index is 12.9. The van der Waals surface area contributed by atoms with Gasteiger partial charge in [-0.2, -0.15) is 4.31 Å². The van der Waals surface area contributed by atoms with Gasteiger partial charge >= 0.3 is 6.01 Å². The molecule has 1 aromatic carbocycles. The summed E-state index contributed by atoms with van der Waals surface area (Å²) in [5.41, 5.74) is 0.300. The van der Waals surface area contributed by atoms with Crippen molar-refractivity contribution < 1.29 is 22.4 Å². The van der Waals surface area contributed by atoms with Crippen LogP contribution in [0.3, 0.4) is 0 Å². The normalized spacial score (nSPS) is 23.5. The maximum Gasteiger partial charge on any atom is 0.322 e. The quantitative estimate of drug-likeness (QED) is 0.807. The molecule has 1 aliphatic heterocycles. The lowest BCUT2D eigenvalue weighted by Gasteiger charge is -2.34. The Morgan fingerprint density at radius 2 is 1.75 bits per heavy atom. The van der Waals surface area contributed by atoms with Crippen LogP contribution >= 0.6 is 0 Å². The minimum atomic E-state index is -3.65. The second kappa shape index (κ2) is 7.26. The number of nitrogens with one attached hydrogen (secondary N) is 1. The van der Waals surface area contributed by atoms with Gasteiger partial charge in [0.1, 0.15) is 0 Å². The Morgan fingerprint density at radius 3 is 2.36 bits per heavy atom. The van der Waals surface area contributed by atoms with Crippen LogP contribution in [0.15, 0.2) is 33.6 Å². The summed E-state index contributed by atoms with van der Waals surface area (Å²) >= 11 is 0. The topological polar surface area (TPSA) is 115 Å². The molecule has 9 nitrogen and oxygen atoms in total. The van der Waals surface area contributed by atoms with Crippen molar-refractivity contribution in [3.05, 3.63) is 35.7 Å². The van der Waals surface area contributed by atoms with E-state index in [0.717, 1.165) is 12.8 Å². The lowest BCUT2D eigenvalue weighted by atomic mass is 10.2. The van der Waals surface area contributed by atoms with Gasteiger partial charge in [-0.15, -0.1) is 5.10 Å². The standard InChI is InChI=1S/C18H22N4O5S/c1-11-9-22(10-12(2)26-11)28(24,25)15-7-5-13(6-8-15)16(23)19-18-21-20-17(27-18)14-3-4-14/h5-8,11-12,14H,3-4,9-10H2,1-2H3,(H,19,21,23)/t11-,12-/m1/s1. The van der Waals surface area contributed by atoms with Crippen LogP contribution in [0.5, 0.6) is 0 Å². The summed E-state index contributed by atoms with van der Waals surface area (Å²) in [6.45, 7) is 4.29. The number of aromatic nitrogens is 2. The summed E-state index contributed by atoms with van der Waals surface area (Å²) in [6.07, 6.45) is 1.70. The van der Waals surface area contributed by atoms with Gasteiger partial charge in [-0.3, -0.25) is 10.1 Å². The summed E-state index contributed by atoms with van der Waals surface area (Å²) in [5, 5.41) is 10.3. The number of anilines is 1. The van der Waals surface area contributed by atoms with Crippen molar-refractivity contribution in [1.29, 1.82) is 0 Å². The summed E-state index contributed by atoms with van der Waals surface area (Å²) in [4.78, 5) is 12.5. The molecular formula is C18H22N4O5S. The first-order valence-electron chi connectivity index (χ1n) is 9.23. The smallest absolute Gasteiger partial charge is 0.322 e. The highest BCUT2D eigenvalue weighted by Crippen LogP contribution is 2.39. The fourth-order valence-electron chi connectivity index (χ4n) is 3.20. The second-order valence-electron chi connectivity index (χ2n) is 7.28. The van der Waals surface area contributed by atoms with Crippen LogP contribution in [-0.2, 0) is 14.8 Å². The average Bonchev–Trinajstić information content (AvgIpc) is 3.40. The van der Waals surface area contributed by atoms with Crippen LogP contribution in [0.4, 0.5) is 6.01 Å². The second-order valence-corrected chi connectivity index (χ2v) is 9.22. The summed E-state index contributed by atoms with van der Waals surface area (Å²) in [6, 6.07) is 5.83. The number of hydrogen-bond donors (Lipinski definition) is 1. The van der Waals surface area contributed by atoms with Crippen molar-refractivity contribution >= 4 is 21.9 Å². The molecule has 2 fully saturated rings. The number of rotatable bonds is 5. The number of sulfonamides is 1. The number of morpholine rings is 1. The zero-order valence-electron chi connectivity index (χ0n) is 15.7. The highest BCUT2D eigenvalue weighted by atomic mass is 32.2. The van der Waals surface area contributed by atoms with Crippen molar-refractivity contribution in [3.8, 4) is 0 Å². The molecule has 1 aromatic heterocycles. The molecule has 10 heteroatoms. The van der Waals surface area contributed by atoms with Gasteiger partial charge < -0.3 is 9.15 Å². The molecule has 2 aliphatic rings. The monoisotopic (exact) mass is 406 g/mol. The summed E-state index contributed by atoms with van der Waals surface area (Å²) < 4.78 is 38.1. The Labute approximate surface area is 163 Å². The number of nitrogens with zero attached hydrogens (tertiary/aromatic N) is 3. The zero-order chi connectivity index (χ0) is 19.9. The van der Waals surface area contributed by atoms with Crippen LogP contribution in [0, 0.1) is 0 Å². The molecule has 1 aliphatic carbocycles. The van der Waals surface area contributed by atoms with E-state index >= 15 is 0 Å². The molecule has 0 bridgehead atoms. The highest BCUT2D eigenvalue weighted by Gasteiger charge is 2.32. The number of carbonyl (C=O) groups is 1. The third-order valence-corrected chi connectivity index (χ3v) is 6.57. The first kappa shape index (κ1) is 19.0. The van der Waals surface area contributed by atoms with Gasteiger partial charge in [0.15, 0.2) is 0 Å². The molecule has 28 heavy (non-hydrogen) atoms. The Morgan fingerprint density at radius 1 is 1.11 bits per heavy atom. The highest BCUT2D eigenvalue weighted by molar-refractivity contribution is 7.89. The molecule has 150 valence electrons. The van der Waals surface area contributed by atoms with Gasteiger partial charge in [0, 0.05) is 24.6 Å². The van der Waals surface area contributed by atoms with E-state index < -0.39 is 15.9 Å². The fourth-order valence-corrected chi connectivity index (χ4v) is 4.79. The molecular weight excluding hydrogens is 384 g/mol. The number of ether oxygens (including phenoxy) is 1. The van der Waals surface area contributed by atoms with Crippen LogP contribution in [-0.4, -0.2) is 54.1 Å². The molecule has 1 saturated carbocycles. The van der Waals surface area contributed by atoms with E-state index in [1.165, 1.54) is 28.6 Å². The van der Waals surface area contributed by atoms with E-state index in [1.807, 2.05) is 13.8 Å². The van der Waals surface area contributed by atoms with Crippen LogP contribution in [0.25, 0.3) is 0 Å². The van der Waals surface area contributed by atoms with Crippen molar-refractivity contribution in [2.24, 2.45) is 0 Å². The van der Waals surface area contributed by atoms with Crippen molar-refractivity contribution in [2.45, 2.75) is 49.7 Å². The predicted octanol–water partition coefficient (Wildman–Crippen LogP) is 2.00. The Hall–Kier alpha value is -2.30. The Balaban J connectivity index is 1.45. The van der Waals surface area contributed by atoms with Crippen LogP contribution < -0.4 is 5.32 Å². The van der Waals surface area contributed by atoms with Gasteiger partial charge in [0.2, 0.25) is 15.9 Å². The van der Waals surface area contributed by atoms with Crippen molar-refractivity contribution in [2.75, 3.05) is 18.4 Å². The number of benzene rings is 1. The molecule has 0 radical (unpaired) electrons. The molecule has 0 spiro atoms. The maximum atomic E-state index is 12.9. The van der Waals surface area contributed by atoms with Crippen LogP contribution in [0.1, 0.15) is 48.9 Å². The molecule has 1 amide bonds. The molecule has 2 heterocycles. The molecule has 2 aromatic rings. The van der Waals surface area contributed by atoms with Gasteiger partial charge in [-0.1, -0.05) is 5.10 Å². The first-order chi connectivity index (χ1) is 13.3. The fraction of sp³-hybridized carbons (Fsp3) is 0.500. The van der Waals surface area contributed by atoms with Gasteiger partial charge in [0.05, 0.1) is 17.1 Å². The molecule has 4 rings (SSSR count). The van der Waals surface area contributed by atoms with E-state index in [9.17, 15) is 13.2 Å². The van der Waals surface area contributed by atoms with E-state index in [2.05, 4.69) is 15.5 Å². The zero-order valence-corrected chi connectivity index (χ0v) is 16.5. The number of amides is 1. The van der Waals surface area contributed by atoms with E-state index in [-0.39, 0.29) is 23.1 Å². The minimum absolute atomic E-state index is 0.0416. The van der Waals surface area contributed by atoms with Gasteiger partial charge in [-0.25, -0.2) is 8.42 Å². The van der Waals surface area contributed by atoms with E-state index in [4.69, 9.17) is 9.15 Å². The molecule has 2 atom stereocenters. The third-order valence-electron chi connectivity index (χ3n) is 4.73. The minimum Gasteiger partial charge on any atom is -0.408 e. The first-order valence-corrected chi connectivity index (χ1v) is 10.7. The summed E-state index contributed by atoms with van der Waals surface area (Å²) in [7, 11) is -3.65. The van der Waals surface area contributed by atoms with Gasteiger partial charge in [0.25, 0.3) is 5.91 Å². The summed E-state index contributed by atoms with van der Waals surface area (Å²) in [5.74, 6) is 0.391. The van der Waals surface area contributed by atoms with E-state index in [0.29, 0.717) is 30.5 Å². The van der Waals surface area contributed by atoms with Gasteiger partial charge in [-0.05, 0) is 51.0 Å². The predicted molar refractivity (Wildman–Crippen MR) is 99.4 cm³/mol. The van der Waals surface area contributed by atoms with Crippen LogP contribution in [0.2, 0.25) is 0 Å². The lowest BCUT2D eigenvalue weighted by Crippen LogP contribution is -2.48. The third kappa shape index (κ3) is 3.94. The Bertz CT molecular complexity index is 958. The number of hydrogen-bond acceptors (Lipinski definition) is 7. The molecule has 1 N–H and O–H groups in total. The molecule has 0 unspecified atom stereocenters.